The lowest BCUT2D eigenvalue weighted by molar-refractivity contribution is -0.137. The molecule has 0 unspecified atom stereocenters. The molecule has 116 valence electrons. The van der Waals surface area contributed by atoms with Gasteiger partial charge in [0, 0.05) is 11.9 Å². The molecule has 3 nitrogen and oxygen atoms in total. The number of esters is 1. The van der Waals surface area contributed by atoms with E-state index in [2.05, 4.69) is 9.72 Å². The maximum Gasteiger partial charge on any atom is 0.417 e. The maximum atomic E-state index is 12.4. The van der Waals surface area contributed by atoms with Crippen LogP contribution in [0.15, 0.2) is 47.6 Å². The number of hydrogen-bond donors (Lipinski definition) is 0. The molecule has 0 aliphatic heterocycles. The van der Waals surface area contributed by atoms with Gasteiger partial charge in [0.2, 0.25) is 0 Å². The van der Waals surface area contributed by atoms with E-state index in [1.165, 1.54) is 24.9 Å². The Morgan fingerprint density at radius 2 is 1.86 bits per heavy atom. The predicted octanol–water partition coefficient (Wildman–Crippen LogP) is 4.18. The first kappa shape index (κ1) is 16.4. The van der Waals surface area contributed by atoms with Gasteiger partial charge in [-0.3, -0.25) is 0 Å². The van der Waals surface area contributed by atoms with Crippen LogP contribution in [0.1, 0.15) is 21.5 Å². The minimum absolute atomic E-state index is 0.413. The molecule has 22 heavy (non-hydrogen) atoms. The zero-order valence-electron chi connectivity index (χ0n) is 11.6. The minimum Gasteiger partial charge on any atom is -0.465 e. The molecule has 0 atom stereocenters. The number of pyridine rings is 1. The molecule has 0 saturated heterocycles. The van der Waals surface area contributed by atoms with Gasteiger partial charge in [0.05, 0.1) is 23.3 Å². The van der Waals surface area contributed by atoms with Gasteiger partial charge in [0.25, 0.3) is 0 Å². The Kier molecular flexibility index (Phi) is 5.07. The number of benzene rings is 1. The molecule has 1 heterocycles. The lowest BCUT2D eigenvalue weighted by Gasteiger charge is -2.07. The molecule has 0 fully saturated rings. The third-order valence-corrected chi connectivity index (χ3v) is 3.84. The van der Waals surface area contributed by atoms with Crippen LogP contribution < -0.4 is 0 Å². The average Bonchev–Trinajstić information content (AvgIpc) is 2.52. The summed E-state index contributed by atoms with van der Waals surface area (Å²) in [6, 6.07) is 9.17. The van der Waals surface area contributed by atoms with Crippen LogP contribution in [0.4, 0.5) is 13.2 Å². The summed E-state index contributed by atoms with van der Waals surface area (Å²) in [6.07, 6.45) is -3.55. The number of halogens is 3. The van der Waals surface area contributed by atoms with Crippen molar-refractivity contribution in [3.63, 3.8) is 0 Å². The summed E-state index contributed by atoms with van der Waals surface area (Å²) in [5.41, 5.74) is 0.613. The van der Waals surface area contributed by atoms with Crippen molar-refractivity contribution in [1.82, 2.24) is 4.98 Å². The number of carbonyl (C=O) groups excluding carboxylic acids is 1. The molecule has 0 radical (unpaired) electrons. The second kappa shape index (κ2) is 6.83. The van der Waals surface area contributed by atoms with Crippen molar-refractivity contribution in [2.75, 3.05) is 7.11 Å². The summed E-state index contributed by atoms with van der Waals surface area (Å²) in [4.78, 5) is 15.1. The molecule has 0 aliphatic rings. The van der Waals surface area contributed by atoms with Crippen molar-refractivity contribution in [3.8, 4) is 0 Å². The van der Waals surface area contributed by atoms with E-state index in [0.717, 1.165) is 17.8 Å². The number of methoxy groups -OCH3 is 1. The van der Waals surface area contributed by atoms with Gasteiger partial charge >= 0.3 is 12.1 Å². The zero-order valence-corrected chi connectivity index (χ0v) is 12.4. The van der Waals surface area contributed by atoms with E-state index in [-0.39, 0.29) is 0 Å². The van der Waals surface area contributed by atoms with Crippen LogP contribution in [-0.4, -0.2) is 18.1 Å². The SMILES string of the molecule is COC(=O)c1ccc(CSc2ccc(C(F)(F)F)cn2)cc1. The normalized spacial score (nSPS) is 11.3. The highest BCUT2D eigenvalue weighted by Gasteiger charge is 2.30. The lowest BCUT2D eigenvalue weighted by atomic mass is 10.1. The first-order valence-corrected chi connectivity index (χ1v) is 7.22. The number of alkyl halides is 3. The Labute approximate surface area is 129 Å². The molecule has 7 heteroatoms. The number of carbonyl (C=O) groups is 1. The van der Waals surface area contributed by atoms with Gasteiger partial charge < -0.3 is 4.74 Å². The van der Waals surface area contributed by atoms with Crippen LogP contribution in [0.2, 0.25) is 0 Å². The Bertz CT molecular complexity index is 639. The summed E-state index contributed by atoms with van der Waals surface area (Å²) in [5, 5.41) is 0.505. The summed E-state index contributed by atoms with van der Waals surface area (Å²) in [6.45, 7) is 0. The Balaban J connectivity index is 1.97. The monoisotopic (exact) mass is 327 g/mol. The third kappa shape index (κ3) is 4.24. The van der Waals surface area contributed by atoms with Crippen molar-refractivity contribution in [1.29, 1.82) is 0 Å². The molecular formula is C15H12F3NO2S. The summed E-state index contributed by atoms with van der Waals surface area (Å²) in [5.74, 6) is 0.128. The molecule has 1 aromatic carbocycles. The molecule has 0 saturated carbocycles. The van der Waals surface area contributed by atoms with Crippen molar-refractivity contribution in [2.24, 2.45) is 0 Å². The first-order valence-electron chi connectivity index (χ1n) is 6.23. The smallest absolute Gasteiger partial charge is 0.417 e. The fraction of sp³-hybridized carbons (Fsp3) is 0.200. The van der Waals surface area contributed by atoms with E-state index in [4.69, 9.17) is 0 Å². The largest absolute Gasteiger partial charge is 0.465 e. The van der Waals surface area contributed by atoms with Crippen LogP contribution >= 0.6 is 11.8 Å². The molecule has 0 aliphatic carbocycles. The topological polar surface area (TPSA) is 39.2 Å². The summed E-state index contributed by atoms with van der Waals surface area (Å²) < 4.78 is 41.9. The van der Waals surface area contributed by atoms with Gasteiger partial charge in [-0.05, 0) is 29.8 Å². The van der Waals surface area contributed by atoms with Gasteiger partial charge in [-0.2, -0.15) is 13.2 Å². The van der Waals surface area contributed by atoms with Crippen LogP contribution in [0.5, 0.6) is 0 Å². The van der Waals surface area contributed by atoms with Gasteiger partial charge in [0.1, 0.15) is 0 Å². The highest BCUT2D eigenvalue weighted by molar-refractivity contribution is 7.98. The van der Waals surface area contributed by atoms with Gasteiger partial charge in [-0.15, -0.1) is 11.8 Å². The summed E-state index contributed by atoms with van der Waals surface area (Å²) in [7, 11) is 1.31. The lowest BCUT2D eigenvalue weighted by Crippen LogP contribution is -2.05. The van der Waals surface area contributed by atoms with Gasteiger partial charge in [-0.1, -0.05) is 12.1 Å². The summed E-state index contributed by atoms with van der Waals surface area (Å²) >= 11 is 1.32. The van der Waals surface area contributed by atoms with Crippen molar-refractivity contribution in [2.45, 2.75) is 17.0 Å². The first-order chi connectivity index (χ1) is 10.4. The molecular weight excluding hydrogens is 315 g/mol. The second-order valence-corrected chi connectivity index (χ2v) is 5.36. The van der Waals surface area contributed by atoms with Gasteiger partial charge in [0.15, 0.2) is 0 Å². The van der Waals surface area contributed by atoms with E-state index in [9.17, 15) is 18.0 Å². The molecule has 0 amide bonds. The molecule has 0 spiro atoms. The quantitative estimate of drug-likeness (QED) is 0.624. The number of hydrogen-bond acceptors (Lipinski definition) is 4. The molecule has 1 aromatic heterocycles. The standard InChI is InChI=1S/C15H12F3NO2S/c1-21-14(20)11-4-2-10(3-5-11)9-22-13-7-6-12(8-19-13)15(16,17)18/h2-8H,9H2,1H3. The Morgan fingerprint density at radius 1 is 1.18 bits per heavy atom. The van der Waals surface area contributed by atoms with E-state index < -0.39 is 17.7 Å². The molecule has 0 N–H and O–H groups in total. The van der Waals surface area contributed by atoms with Crippen LogP contribution in [0.3, 0.4) is 0 Å². The van der Waals surface area contributed by atoms with Crippen molar-refractivity contribution >= 4 is 17.7 Å². The average molecular weight is 327 g/mol. The van der Waals surface area contributed by atoms with Crippen molar-refractivity contribution < 1.29 is 22.7 Å². The predicted molar refractivity (Wildman–Crippen MR) is 76.6 cm³/mol. The van der Waals surface area contributed by atoms with Crippen LogP contribution in [0.25, 0.3) is 0 Å². The van der Waals surface area contributed by atoms with E-state index >= 15 is 0 Å². The zero-order chi connectivity index (χ0) is 16.2. The number of aromatic nitrogens is 1. The molecule has 0 bridgehead atoms. The van der Waals surface area contributed by atoms with E-state index in [1.807, 2.05) is 0 Å². The van der Waals surface area contributed by atoms with Crippen molar-refractivity contribution in [3.05, 3.63) is 59.3 Å². The van der Waals surface area contributed by atoms with Crippen LogP contribution in [-0.2, 0) is 16.7 Å². The Hall–Kier alpha value is -2.02. The van der Waals surface area contributed by atoms with E-state index in [1.54, 1.807) is 24.3 Å². The second-order valence-electron chi connectivity index (χ2n) is 4.36. The number of nitrogens with zero attached hydrogens (tertiary/aromatic N) is 1. The molecule has 2 aromatic rings. The highest BCUT2D eigenvalue weighted by Crippen LogP contribution is 2.30. The fourth-order valence-corrected chi connectivity index (χ4v) is 2.44. The number of thioether (sulfide) groups is 1. The minimum atomic E-state index is -4.38. The number of ether oxygens (including phenoxy) is 1. The van der Waals surface area contributed by atoms with E-state index in [0.29, 0.717) is 16.3 Å². The van der Waals surface area contributed by atoms with Gasteiger partial charge in [-0.25, -0.2) is 9.78 Å². The highest BCUT2D eigenvalue weighted by atomic mass is 32.2. The third-order valence-electron chi connectivity index (χ3n) is 2.83. The maximum absolute atomic E-state index is 12.4. The fourth-order valence-electron chi connectivity index (χ4n) is 1.65. The molecule has 2 rings (SSSR count). The van der Waals surface area contributed by atoms with Crippen LogP contribution in [0, 0.1) is 0 Å². The Morgan fingerprint density at radius 3 is 2.36 bits per heavy atom. The number of rotatable bonds is 4.